The zero-order chi connectivity index (χ0) is 13.5. The van der Waals surface area contributed by atoms with E-state index in [2.05, 4.69) is 73.8 Å². The Hall–Kier alpha value is -1.60. The number of rotatable bonds is 6. The Bertz CT molecular complexity index is 490. The van der Waals surface area contributed by atoms with Gasteiger partial charge < -0.3 is 5.32 Å². The van der Waals surface area contributed by atoms with Crippen LogP contribution in [0.2, 0.25) is 0 Å². The molecule has 0 aliphatic carbocycles. The maximum atomic E-state index is 3.61. The highest BCUT2D eigenvalue weighted by Gasteiger charge is 2.06. The molecule has 0 spiro atoms. The largest absolute Gasteiger partial charge is 0.310 e. The van der Waals surface area contributed by atoms with Crippen LogP contribution >= 0.6 is 0 Å². The lowest BCUT2D eigenvalue weighted by atomic mass is 10.0. The predicted octanol–water partition coefficient (Wildman–Crippen LogP) is 4.28. The van der Waals surface area contributed by atoms with Crippen LogP contribution in [-0.4, -0.2) is 6.54 Å². The van der Waals surface area contributed by atoms with Gasteiger partial charge in [0.15, 0.2) is 0 Å². The van der Waals surface area contributed by atoms with Crippen LogP contribution in [0.3, 0.4) is 0 Å². The average Bonchev–Trinajstić information content (AvgIpc) is 2.45. The fraction of sp³-hybridized carbons (Fsp3) is 0.333. The molecular formula is C18H23N. The first kappa shape index (κ1) is 13.8. The van der Waals surface area contributed by atoms with Crippen molar-refractivity contribution < 1.29 is 0 Å². The van der Waals surface area contributed by atoms with Crippen LogP contribution in [0.25, 0.3) is 0 Å². The molecule has 2 aromatic rings. The number of hydrogen-bond acceptors (Lipinski definition) is 1. The molecule has 2 rings (SSSR count). The van der Waals surface area contributed by atoms with E-state index < -0.39 is 0 Å². The van der Waals surface area contributed by atoms with Crippen LogP contribution in [0, 0.1) is 6.92 Å². The van der Waals surface area contributed by atoms with Crippen molar-refractivity contribution in [1.29, 1.82) is 0 Å². The summed E-state index contributed by atoms with van der Waals surface area (Å²) in [5.41, 5.74) is 4.20. The first-order valence-electron chi connectivity index (χ1n) is 7.10. The topological polar surface area (TPSA) is 12.0 Å². The van der Waals surface area contributed by atoms with Crippen molar-refractivity contribution in [2.75, 3.05) is 6.54 Å². The fourth-order valence-corrected chi connectivity index (χ4v) is 2.44. The van der Waals surface area contributed by atoms with Crippen molar-refractivity contribution >= 4 is 0 Å². The van der Waals surface area contributed by atoms with Crippen LogP contribution < -0.4 is 5.32 Å². The van der Waals surface area contributed by atoms with Gasteiger partial charge in [-0.1, -0.05) is 54.6 Å². The normalized spacial score (nSPS) is 12.3. The Balaban J connectivity index is 1.76. The molecule has 1 N–H and O–H groups in total. The van der Waals surface area contributed by atoms with E-state index in [0.717, 1.165) is 13.0 Å². The van der Waals surface area contributed by atoms with Gasteiger partial charge in [-0.05, 0) is 49.9 Å². The third-order valence-corrected chi connectivity index (χ3v) is 3.59. The van der Waals surface area contributed by atoms with Crippen LogP contribution in [0.15, 0.2) is 54.6 Å². The lowest BCUT2D eigenvalue weighted by Gasteiger charge is -2.16. The maximum Gasteiger partial charge on any atom is 0.0294 e. The molecule has 0 saturated heterocycles. The van der Waals surface area contributed by atoms with Gasteiger partial charge in [-0.25, -0.2) is 0 Å². The highest BCUT2D eigenvalue weighted by Crippen LogP contribution is 2.16. The molecule has 0 amide bonds. The van der Waals surface area contributed by atoms with Crippen LogP contribution in [0.5, 0.6) is 0 Å². The molecule has 2 aromatic carbocycles. The molecule has 0 unspecified atom stereocenters. The highest BCUT2D eigenvalue weighted by molar-refractivity contribution is 5.28. The van der Waals surface area contributed by atoms with Gasteiger partial charge in [0.05, 0.1) is 0 Å². The van der Waals surface area contributed by atoms with Gasteiger partial charge in [0.2, 0.25) is 0 Å². The fourth-order valence-electron chi connectivity index (χ4n) is 2.44. The SMILES string of the molecule is Cc1ccccc1[C@@H](C)NCCCc1ccccc1. The van der Waals surface area contributed by atoms with E-state index in [1.54, 1.807) is 0 Å². The van der Waals surface area contributed by atoms with E-state index >= 15 is 0 Å². The summed E-state index contributed by atoms with van der Waals surface area (Å²) in [5.74, 6) is 0. The summed E-state index contributed by atoms with van der Waals surface area (Å²) >= 11 is 0. The third kappa shape index (κ3) is 4.22. The smallest absolute Gasteiger partial charge is 0.0294 e. The Kier molecular flexibility index (Phi) is 5.17. The summed E-state index contributed by atoms with van der Waals surface area (Å²) < 4.78 is 0. The van der Waals surface area contributed by atoms with Crippen molar-refractivity contribution in [3.8, 4) is 0 Å². The molecule has 0 bridgehead atoms. The molecule has 0 aliphatic heterocycles. The Morgan fingerprint density at radius 3 is 2.37 bits per heavy atom. The van der Waals surface area contributed by atoms with Crippen LogP contribution in [0.4, 0.5) is 0 Å². The highest BCUT2D eigenvalue weighted by atomic mass is 14.9. The Morgan fingerprint density at radius 1 is 0.947 bits per heavy atom. The van der Waals surface area contributed by atoms with Crippen molar-refractivity contribution in [2.45, 2.75) is 32.7 Å². The molecule has 1 heteroatoms. The Morgan fingerprint density at radius 2 is 1.63 bits per heavy atom. The van der Waals surface area contributed by atoms with Gasteiger partial charge in [-0.15, -0.1) is 0 Å². The minimum Gasteiger partial charge on any atom is -0.310 e. The van der Waals surface area contributed by atoms with Gasteiger partial charge in [0.1, 0.15) is 0 Å². The second-order valence-corrected chi connectivity index (χ2v) is 5.12. The lowest BCUT2D eigenvalue weighted by molar-refractivity contribution is 0.556. The van der Waals surface area contributed by atoms with E-state index in [4.69, 9.17) is 0 Å². The van der Waals surface area contributed by atoms with Gasteiger partial charge in [0, 0.05) is 6.04 Å². The minimum absolute atomic E-state index is 0.428. The molecule has 1 nitrogen and oxygen atoms in total. The molecule has 19 heavy (non-hydrogen) atoms. The van der Waals surface area contributed by atoms with Crippen molar-refractivity contribution in [3.63, 3.8) is 0 Å². The van der Waals surface area contributed by atoms with E-state index in [9.17, 15) is 0 Å². The van der Waals surface area contributed by atoms with Crippen molar-refractivity contribution in [3.05, 3.63) is 71.3 Å². The summed E-state index contributed by atoms with van der Waals surface area (Å²) in [6.07, 6.45) is 2.33. The summed E-state index contributed by atoms with van der Waals surface area (Å²) in [7, 11) is 0. The predicted molar refractivity (Wildman–Crippen MR) is 82.4 cm³/mol. The molecule has 1 atom stereocenters. The second-order valence-electron chi connectivity index (χ2n) is 5.12. The van der Waals surface area contributed by atoms with E-state index in [-0.39, 0.29) is 0 Å². The van der Waals surface area contributed by atoms with Crippen LogP contribution in [-0.2, 0) is 6.42 Å². The first-order valence-corrected chi connectivity index (χ1v) is 7.10. The van der Waals surface area contributed by atoms with Gasteiger partial charge in [-0.2, -0.15) is 0 Å². The minimum atomic E-state index is 0.428. The quantitative estimate of drug-likeness (QED) is 0.758. The molecular weight excluding hydrogens is 230 g/mol. The number of aryl methyl sites for hydroxylation is 2. The molecule has 0 saturated carbocycles. The van der Waals surface area contributed by atoms with Crippen molar-refractivity contribution in [1.82, 2.24) is 5.32 Å². The number of nitrogens with one attached hydrogen (secondary N) is 1. The monoisotopic (exact) mass is 253 g/mol. The summed E-state index contributed by atoms with van der Waals surface area (Å²) in [6, 6.07) is 19.7. The molecule has 0 aliphatic rings. The van der Waals surface area contributed by atoms with Crippen molar-refractivity contribution in [2.24, 2.45) is 0 Å². The van der Waals surface area contributed by atoms with Gasteiger partial charge in [-0.3, -0.25) is 0 Å². The average molecular weight is 253 g/mol. The van der Waals surface area contributed by atoms with Gasteiger partial charge in [0.25, 0.3) is 0 Å². The molecule has 0 fully saturated rings. The molecule has 0 radical (unpaired) electrons. The molecule has 100 valence electrons. The van der Waals surface area contributed by atoms with Crippen LogP contribution in [0.1, 0.15) is 36.1 Å². The standard InChI is InChI=1S/C18H23N/c1-15-9-6-7-13-18(15)16(2)19-14-8-12-17-10-4-3-5-11-17/h3-7,9-11,13,16,19H,8,12,14H2,1-2H3/t16-/m1/s1. The zero-order valence-electron chi connectivity index (χ0n) is 11.9. The first-order chi connectivity index (χ1) is 9.27. The lowest BCUT2D eigenvalue weighted by Crippen LogP contribution is -2.21. The molecule has 0 aromatic heterocycles. The summed E-state index contributed by atoms with van der Waals surface area (Å²) in [6.45, 7) is 5.48. The van der Waals surface area contributed by atoms with Gasteiger partial charge >= 0.3 is 0 Å². The van der Waals surface area contributed by atoms with E-state index in [0.29, 0.717) is 6.04 Å². The summed E-state index contributed by atoms with van der Waals surface area (Å²) in [4.78, 5) is 0. The zero-order valence-corrected chi connectivity index (χ0v) is 11.9. The number of benzene rings is 2. The second kappa shape index (κ2) is 7.10. The number of hydrogen-bond donors (Lipinski definition) is 1. The van der Waals surface area contributed by atoms with E-state index in [1.807, 2.05) is 0 Å². The Labute approximate surface area is 116 Å². The maximum absolute atomic E-state index is 3.61. The third-order valence-electron chi connectivity index (χ3n) is 3.59. The summed E-state index contributed by atoms with van der Waals surface area (Å²) in [5, 5.41) is 3.61. The molecule has 0 heterocycles. The van der Waals surface area contributed by atoms with E-state index in [1.165, 1.54) is 23.1 Å².